The molecule has 1 N–H and O–H groups in total. The van der Waals surface area contributed by atoms with Gasteiger partial charge in [-0.2, -0.15) is 0 Å². The number of benzene rings is 2. The topological polar surface area (TPSA) is 101 Å². The van der Waals surface area contributed by atoms with E-state index in [1.807, 2.05) is 51.1 Å². The lowest BCUT2D eigenvalue weighted by molar-refractivity contribution is -0.120. The molecular formula is C29H30N4O4S. The number of thioether (sulfide) groups is 1. The Hall–Kier alpha value is -3.98. The van der Waals surface area contributed by atoms with Crippen LogP contribution in [0.3, 0.4) is 0 Å². The van der Waals surface area contributed by atoms with E-state index >= 15 is 0 Å². The molecule has 8 nitrogen and oxygen atoms in total. The summed E-state index contributed by atoms with van der Waals surface area (Å²) in [6.45, 7) is 10.0. The Morgan fingerprint density at radius 2 is 1.66 bits per heavy atom. The summed E-state index contributed by atoms with van der Waals surface area (Å²) in [5, 5.41) is 3.50. The molecule has 9 heteroatoms. The number of imide groups is 1. The smallest absolute Gasteiger partial charge is 0.340 e. The summed E-state index contributed by atoms with van der Waals surface area (Å²) in [7, 11) is 0. The number of carbonyl (C=O) groups is 3. The molecule has 2 aromatic carbocycles. The van der Waals surface area contributed by atoms with Gasteiger partial charge in [0.15, 0.2) is 5.16 Å². The second-order valence-corrected chi connectivity index (χ2v) is 10.2. The van der Waals surface area contributed by atoms with Crippen molar-refractivity contribution in [1.29, 1.82) is 0 Å². The van der Waals surface area contributed by atoms with Crippen LogP contribution in [-0.2, 0) is 14.3 Å². The molecule has 2 heterocycles. The highest BCUT2D eigenvalue weighted by molar-refractivity contribution is 8.04. The molecular weight excluding hydrogens is 500 g/mol. The number of amides is 2. The van der Waals surface area contributed by atoms with E-state index in [9.17, 15) is 14.4 Å². The lowest BCUT2D eigenvalue weighted by Gasteiger charge is -2.18. The van der Waals surface area contributed by atoms with Gasteiger partial charge in [-0.15, -0.1) is 0 Å². The minimum absolute atomic E-state index is 0.0942. The van der Waals surface area contributed by atoms with E-state index in [1.54, 1.807) is 24.3 Å². The molecule has 0 fully saturated rings. The normalized spacial score (nSPS) is 13.5. The highest BCUT2D eigenvalue weighted by atomic mass is 32.2. The van der Waals surface area contributed by atoms with Gasteiger partial charge in [0.2, 0.25) is 0 Å². The molecule has 0 spiro atoms. The van der Waals surface area contributed by atoms with E-state index in [0.29, 0.717) is 23.2 Å². The summed E-state index contributed by atoms with van der Waals surface area (Å²) in [5.74, 6) is -1.39. The van der Waals surface area contributed by atoms with Crippen molar-refractivity contribution in [2.24, 2.45) is 0 Å². The molecule has 2 amide bonds. The number of anilines is 2. The Kier molecular flexibility index (Phi) is 8.26. The van der Waals surface area contributed by atoms with Crippen LogP contribution in [0.5, 0.6) is 0 Å². The summed E-state index contributed by atoms with van der Waals surface area (Å²) in [6, 6.07) is 16.0. The number of aryl methyl sites for hydroxylation is 2. The lowest BCUT2D eigenvalue weighted by atomic mass is 10.0. The molecule has 0 radical (unpaired) electrons. The van der Waals surface area contributed by atoms with Crippen molar-refractivity contribution in [3.8, 4) is 0 Å². The van der Waals surface area contributed by atoms with E-state index in [1.165, 1.54) is 0 Å². The molecule has 196 valence electrons. The van der Waals surface area contributed by atoms with Crippen LogP contribution in [0, 0.1) is 13.8 Å². The van der Waals surface area contributed by atoms with Crippen LogP contribution < -0.4 is 10.2 Å². The summed E-state index contributed by atoms with van der Waals surface area (Å²) >= 11 is 1.02. The van der Waals surface area contributed by atoms with Crippen molar-refractivity contribution in [2.45, 2.75) is 52.1 Å². The third-order valence-corrected chi connectivity index (χ3v) is 6.79. The highest BCUT2D eigenvalue weighted by Crippen LogP contribution is 2.38. The Labute approximate surface area is 226 Å². The summed E-state index contributed by atoms with van der Waals surface area (Å²) < 4.78 is 5.31. The monoisotopic (exact) mass is 530 g/mol. The molecule has 1 aromatic heterocycles. The fourth-order valence-corrected chi connectivity index (χ4v) is 4.95. The van der Waals surface area contributed by atoms with E-state index < -0.39 is 17.8 Å². The van der Waals surface area contributed by atoms with Gasteiger partial charge >= 0.3 is 5.97 Å². The van der Waals surface area contributed by atoms with E-state index in [4.69, 9.17) is 4.74 Å². The quantitative estimate of drug-likeness (QED) is 0.211. The third-order valence-electron chi connectivity index (χ3n) is 5.85. The van der Waals surface area contributed by atoms with Gasteiger partial charge in [-0.1, -0.05) is 45.0 Å². The van der Waals surface area contributed by atoms with Crippen molar-refractivity contribution in [3.05, 3.63) is 87.7 Å². The van der Waals surface area contributed by atoms with Gasteiger partial charge in [0, 0.05) is 17.1 Å². The second kappa shape index (κ2) is 11.6. The number of hydrogen-bond acceptors (Lipinski definition) is 8. The zero-order chi connectivity index (χ0) is 27.4. The van der Waals surface area contributed by atoms with Gasteiger partial charge in [0.25, 0.3) is 11.8 Å². The standard InChI is InChI=1S/C29H30N4O4S/c1-6-15-37-28(36)22-9-7-8-10-23(22)33-26(34)24(32-21-13-11-20(12-14-21)17(2)3)25(27(33)35)38-29-30-18(4)16-19(5)31-29/h7-14,16-17,32H,6,15H2,1-5H3. The minimum Gasteiger partial charge on any atom is -0.462 e. The molecule has 0 unspecified atom stereocenters. The number of nitrogens with zero attached hydrogens (tertiary/aromatic N) is 3. The molecule has 1 aliphatic heterocycles. The van der Waals surface area contributed by atoms with Crippen molar-refractivity contribution in [1.82, 2.24) is 9.97 Å². The van der Waals surface area contributed by atoms with Gasteiger partial charge < -0.3 is 10.1 Å². The second-order valence-electron chi connectivity index (χ2n) is 9.24. The number of hydrogen-bond donors (Lipinski definition) is 1. The van der Waals surface area contributed by atoms with Crippen LogP contribution in [0.15, 0.2) is 70.4 Å². The molecule has 4 rings (SSSR count). The Morgan fingerprint density at radius 3 is 2.29 bits per heavy atom. The predicted molar refractivity (Wildman–Crippen MR) is 148 cm³/mol. The largest absolute Gasteiger partial charge is 0.462 e. The van der Waals surface area contributed by atoms with Crippen LogP contribution >= 0.6 is 11.8 Å². The molecule has 0 saturated heterocycles. The van der Waals surface area contributed by atoms with Crippen LogP contribution in [0.2, 0.25) is 0 Å². The number of rotatable bonds is 9. The molecule has 0 atom stereocenters. The van der Waals surface area contributed by atoms with Crippen molar-refractivity contribution in [3.63, 3.8) is 0 Å². The molecule has 3 aromatic rings. The first-order valence-electron chi connectivity index (χ1n) is 12.5. The maximum Gasteiger partial charge on any atom is 0.340 e. The Balaban J connectivity index is 1.76. The first-order chi connectivity index (χ1) is 18.2. The molecule has 38 heavy (non-hydrogen) atoms. The zero-order valence-electron chi connectivity index (χ0n) is 22.1. The highest BCUT2D eigenvalue weighted by Gasteiger charge is 2.42. The van der Waals surface area contributed by atoms with Crippen LogP contribution in [-0.4, -0.2) is 34.4 Å². The first-order valence-corrected chi connectivity index (χ1v) is 13.3. The summed E-state index contributed by atoms with van der Waals surface area (Å²) in [5.41, 5.74) is 3.69. The average Bonchev–Trinajstić information content (AvgIpc) is 3.10. The summed E-state index contributed by atoms with van der Waals surface area (Å²) in [6.07, 6.45) is 0.650. The van der Waals surface area contributed by atoms with Crippen LogP contribution in [0.1, 0.15) is 60.4 Å². The number of aromatic nitrogens is 2. The fourth-order valence-electron chi connectivity index (χ4n) is 3.97. The van der Waals surface area contributed by atoms with E-state index in [2.05, 4.69) is 29.1 Å². The van der Waals surface area contributed by atoms with Crippen molar-refractivity contribution < 1.29 is 19.1 Å². The molecule has 0 saturated carbocycles. The number of ether oxygens (including phenoxy) is 1. The predicted octanol–water partition coefficient (Wildman–Crippen LogP) is 5.77. The van der Waals surface area contributed by atoms with Gasteiger partial charge in [-0.25, -0.2) is 19.7 Å². The molecule has 1 aliphatic rings. The van der Waals surface area contributed by atoms with Gasteiger partial charge in [0.05, 0.1) is 17.9 Å². The fraction of sp³-hybridized carbons (Fsp3) is 0.276. The number of carbonyl (C=O) groups excluding carboxylic acids is 3. The Morgan fingerprint density at radius 1 is 1.00 bits per heavy atom. The van der Waals surface area contributed by atoms with Gasteiger partial charge in [-0.3, -0.25) is 9.59 Å². The van der Waals surface area contributed by atoms with E-state index in [0.717, 1.165) is 33.6 Å². The zero-order valence-corrected chi connectivity index (χ0v) is 22.9. The first kappa shape index (κ1) is 27.1. The van der Waals surface area contributed by atoms with Crippen LogP contribution in [0.25, 0.3) is 0 Å². The van der Waals surface area contributed by atoms with Crippen molar-refractivity contribution in [2.75, 3.05) is 16.8 Å². The van der Waals surface area contributed by atoms with Gasteiger partial charge in [-0.05, 0) is 73.8 Å². The van der Waals surface area contributed by atoms with E-state index in [-0.39, 0.29) is 28.5 Å². The summed E-state index contributed by atoms with van der Waals surface area (Å²) in [4.78, 5) is 50.4. The average molecular weight is 531 g/mol. The van der Waals surface area contributed by atoms with Gasteiger partial charge in [0.1, 0.15) is 10.6 Å². The number of nitrogens with one attached hydrogen (secondary N) is 1. The maximum absolute atomic E-state index is 13.8. The molecule has 0 aliphatic carbocycles. The third kappa shape index (κ3) is 5.78. The molecule has 0 bridgehead atoms. The van der Waals surface area contributed by atoms with Crippen LogP contribution in [0.4, 0.5) is 11.4 Å². The number of para-hydroxylation sites is 1. The minimum atomic E-state index is -0.597. The number of esters is 1. The Bertz CT molecular complexity index is 1400. The lowest BCUT2D eigenvalue weighted by Crippen LogP contribution is -2.33. The van der Waals surface area contributed by atoms with Crippen molar-refractivity contribution >= 4 is 40.9 Å². The SMILES string of the molecule is CCCOC(=O)c1ccccc1N1C(=O)C(Nc2ccc(C(C)C)cc2)=C(Sc2nc(C)cc(C)n2)C1=O. The maximum atomic E-state index is 13.8.